The van der Waals surface area contributed by atoms with E-state index in [1.165, 1.54) is 16.8 Å². The van der Waals surface area contributed by atoms with E-state index in [9.17, 15) is 13.6 Å². The molecule has 5 heterocycles. The van der Waals surface area contributed by atoms with Crippen molar-refractivity contribution < 1.29 is 27.8 Å². The highest BCUT2D eigenvalue weighted by atomic mass is 19.3. The molecule has 3 aromatic rings. The van der Waals surface area contributed by atoms with Crippen molar-refractivity contribution in [3.63, 3.8) is 0 Å². The van der Waals surface area contributed by atoms with E-state index in [1.54, 1.807) is 30.7 Å². The van der Waals surface area contributed by atoms with Gasteiger partial charge in [-0.05, 0) is 30.9 Å². The quantitative estimate of drug-likeness (QED) is 0.427. The maximum Gasteiger partial charge on any atom is 0.387 e. The van der Waals surface area contributed by atoms with Crippen LogP contribution in [0.5, 0.6) is 11.5 Å². The molecule has 38 heavy (non-hydrogen) atoms. The van der Waals surface area contributed by atoms with Gasteiger partial charge >= 0.3 is 6.61 Å². The van der Waals surface area contributed by atoms with Crippen LogP contribution in [0.2, 0.25) is 0 Å². The van der Waals surface area contributed by atoms with Crippen LogP contribution in [0.4, 0.5) is 14.5 Å². The molecule has 1 atom stereocenters. The van der Waals surface area contributed by atoms with Gasteiger partial charge in [0.2, 0.25) is 0 Å². The van der Waals surface area contributed by atoms with Crippen LogP contribution in [0.15, 0.2) is 48.7 Å². The predicted molar refractivity (Wildman–Crippen MR) is 132 cm³/mol. The average Bonchev–Trinajstić information content (AvgIpc) is 3.52. The minimum absolute atomic E-state index is 0.0139. The molecule has 1 amide bonds. The first-order chi connectivity index (χ1) is 18.5. The molecule has 6 rings (SSSR count). The first-order valence-electron chi connectivity index (χ1n) is 12.5. The van der Waals surface area contributed by atoms with Crippen LogP contribution in [0.25, 0.3) is 5.65 Å². The van der Waals surface area contributed by atoms with Crippen LogP contribution >= 0.6 is 0 Å². The standard InChI is InChI=1S/C25H27F2N7O4/c26-25(27)38-20-11-18-21(37-9-5-28-18)10-16(20)22-19(14-33(32-22)13-15-2-7-36-8-3-15)31-24(35)17-12-30-34-6-1-4-29-23(17)34/h1,4,6,10-12,14-15,22,25,28,32H,2-3,5,7-9,13H2,(H,31,35). The predicted octanol–water partition coefficient (Wildman–Crippen LogP) is 2.69. The third kappa shape index (κ3) is 4.94. The van der Waals surface area contributed by atoms with Gasteiger partial charge in [-0.2, -0.15) is 13.9 Å². The summed E-state index contributed by atoms with van der Waals surface area (Å²) in [7, 11) is 0. The van der Waals surface area contributed by atoms with Crippen LogP contribution in [0.3, 0.4) is 0 Å². The lowest BCUT2D eigenvalue weighted by Crippen LogP contribution is -2.37. The number of hydrogen-bond donors (Lipinski definition) is 3. The maximum atomic E-state index is 13.4. The van der Waals surface area contributed by atoms with E-state index in [1.807, 2.05) is 5.01 Å². The summed E-state index contributed by atoms with van der Waals surface area (Å²) in [4.78, 5) is 17.6. The van der Waals surface area contributed by atoms with Crippen molar-refractivity contribution in [3.8, 4) is 11.5 Å². The Bertz CT molecular complexity index is 1360. The number of benzene rings is 1. The molecule has 1 saturated heterocycles. The third-order valence-electron chi connectivity index (χ3n) is 6.79. The lowest BCUT2D eigenvalue weighted by molar-refractivity contribution is -0.0507. The lowest BCUT2D eigenvalue weighted by Gasteiger charge is -2.29. The normalized spacial score (nSPS) is 19.6. The molecule has 1 aromatic carbocycles. The molecular weight excluding hydrogens is 500 g/mol. The highest BCUT2D eigenvalue weighted by Gasteiger charge is 2.33. The number of rotatable bonds is 7. The molecule has 0 aliphatic carbocycles. The number of hydrogen-bond acceptors (Lipinski definition) is 9. The van der Waals surface area contributed by atoms with Crippen LogP contribution in [0.1, 0.15) is 34.8 Å². The number of carbonyl (C=O) groups excluding carboxylic acids is 1. The highest BCUT2D eigenvalue weighted by molar-refractivity contribution is 6.00. The van der Waals surface area contributed by atoms with Crippen molar-refractivity contribution in [2.24, 2.45) is 5.92 Å². The van der Waals surface area contributed by atoms with Crippen molar-refractivity contribution >= 4 is 17.2 Å². The Hall–Kier alpha value is -3.97. The van der Waals surface area contributed by atoms with Crippen LogP contribution in [-0.2, 0) is 4.74 Å². The molecule has 3 aliphatic rings. The second-order valence-corrected chi connectivity index (χ2v) is 9.29. The summed E-state index contributed by atoms with van der Waals surface area (Å²) in [6.07, 6.45) is 8.33. The van der Waals surface area contributed by atoms with E-state index < -0.39 is 18.6 Å². The van der Waals surface area contributed by atoms with Crippen molar-refractivity contribution in [1.29, 1.82) is 0 Å². The van der Waals surface area contributed by atoms with E-state index >= 15 is 0 Å². The summed E-state index contributed by atoms with van der Waals surface area (Å²) in [6, 6.07) is 4.21. The van der Waals surface area contributed by atoms with Crippen LogP contribution in [0, 0.1) is 5.92 Å². The van der Waals surface area contributed by atoms with Gasteiger partial charge in [0.1, 0.15) is 23.7 Å². The fourth-order valence-electron chi connectivity index (χ4n) is 4.96. The number of fused-ring (bicyclic) bond motifs is 2. The molecule has 3 aliphatic heterocycles. The molecule has 1 fully saturated rings. The largest absolute Gasteiger partial charge is 0.490 e. The second kappa shape index (κ2) is 10.4. The smallest absolute Gasteiger partial charge is 0.387 e. The van der Waals surface area contributed by atoms with E-state index in [4.69, 9.17) is 14.2 Å². The summed E-state index contributed by atoms with van der Waals surface area (Å²) >= 11 is 0. The Morgan fingerprint density at radius 3 is 2.97 bits per heavy atom. The molecule has 1 unspecified atom stereocenters. The average molecular weight is 528 g/mol. The minimum atomic E-state index is -3.03. The molecule has 0 bridgehead atoms. The monoisotopic (exact) mass is 527 g/mol. The van der Waals surface area contributed by atoms with Crippen molar-refractivity contribution in [2.45, 2.75) is 25.5 Å². The Morgan fingerprint density at radius 2 is 2.13 bits per heavy atom. The Labute approximate surface area is 216 Å². The number of ether oxygens (including phenoxy) is 3. The topological polar surface area (TPSA) is 114 Å². The van der Waals surface area contributed by atoms with Crippen molar-refractivity contribution in [3.05, 3.63) is 59.8 Å². The van der Waals surface area contributed by atoms with Gasteiger partial charge in [-0.25, -0.2) is 14.9 Å². The summed E-state index contributed by atoms with van der Waals surface area (Å²) in [5.41, 5.74) is 5.50. The van der Waals surface area contributed by atoms with Crippen molar-refractivity contribution in [1.82, 2.24) is 30.3 Å². The Kier molecular flexibility index (Phi) is 6.68. The van der Waals surface area contributed by atoms with E-state index in [0.29, 0.717) is 67.2 Å². The maximum absolute atomic E-state index is 13.4. The number of aromatic nitrogens is 3. The zero-order valence-corrected chi connectivity index (χ0v) is 20.4. The number of nitrogens with zero attached hydrogens (tertiary/aromatic N) is 4. The zero-order valence-electron chi connectivity index (χ0n) is 20.4. The number of halogens is 2. The molecule has 13 heteroatoms. The zero-order chi connectivity index (χ0) is 26.1. The van der Waals surface area contributed by atoms with Crippen molar-refractivity contribution in [2.75, 3.05) is 38.2 Å². The minimum Gasteiger partial charge on any atom is -0.490 e. The van der Waals surface area contributed by atoms with Gasteiger partial charge in [-0.3, -0.25) is 4.79 Å². The molecule has 11 nitrogen and oxygen atoms in total. The number of carbonyl (C=O) groups is 1. The molecule has 0 saturated carbocycles. The van der Waals surface area contributed by atoms with Gasteiger partial charge in [0.05, 0.1) is 23.6 Å². The van der Waals surface area contributed by atoms with Gasteiger partial charge in [0.25, 0.3) is 5.91 Å². The number of anilines is 1. The van der Waals surface area contributed by atoms with E-state index in [2.05, 4.69) is 26.1 Å². The summed E-state index contributed by atoms with van der Waals surface area (Å²) in [6.45, 7) is 0.0117. The fraction of sp³-hybridized carbons (Fsp3) is 0.400. The van der Waals surface area contributed by atoms with Gasteiger partial charge in [0, 0.05) is 56.5 Å². The molecular formula is C25H27F2N7O4. The van der Waals surface area contributed by atoms with E-state index in [-0.39, 0.29) is 11.3 Å². The van der Waals surface area contributed by atoms with Gasteiger partial charge in [0.15, 0.2) is 5.65 Å². The first kappa shape index (κ1) is 24.4. The first-order valence-corrected chi connectivity index (χ1v) is 12.5. The molecule has 0 radical (unpaired) electrons. The third-order valence-corrected chi connectivity index (χ3v) is 6.79. The van der Waals surface area contributed by atoms with Crippen LogP contribution in [-0.4, -0.2) is 65.0 Å². The summed E-state index contributed by atoms with van der Waals surface area (Å²) in [5.74, 6) is 0.465. The second-order valence-electron chi connectivity index (χ2n) is 9.29. The van der Waals surface area contributed by atoms with E-state index in [0.717, 1.165) is 12.8 Å². The highest BCUT2D eigenvalue weighted by Crippen LogP contribution is 2.41. The molecule has 200 valence electrons. The number of alkyl halides is 2. The molecule has 2 aromatic heterocycles. The Balaban J connectivity index is 1.34. The lowest BCUT2D eigenvalue weighted by atomic mass is 10.0. The number of hydrazine groups is 1. The Morgan fingerprint density at radius 1 is 1.26 bits per heavy atom. The van der Waals surface area contributed by atoms with Gasteiger partial charge in [-0.1, -0.05) is 0 Å². The number of nitrogens with one attached hydrogen (secondary N) is 3. The number of amides is 1. The van der Waals surface area contributed by atoms with Crippen LogP contribution < -0.4 is 25.5 Å². The molecule has 0 spiro atoms. The van der Waals surface area contributed by atoms with Gasteiger partial charge in [-0.15, -0.1) is 0 Å². The summed E-state index contributed by atoms with van der Waals surface area (Å²) < 4.78 is 44.5. The summed E-state index contributed by atoms with van der Waals surface area (Å²) in [5, 5.41) is 12.2. The van der Waals surface area contributed by atoms with Gasteiger partial charge < -0.3 is 29.9 Å². The fourth-order valence-corrected chi connectivity index (χ4v) is 4.96. The molecule has 3 N–H and O–H groups in total. The SMILES string of the molecule is O=C(NC1=CN(CC2CCOCC2)NC1c1cc2c(cc1OC(F)F)NCCO2)c1cnn2cccnc12.